The quantitative estimate of drug-likeness (QED) is 0.0222. The van der Waals surface area contributed by atoms with Crippen LogP contribution in [0.5, 0.6) is 0 Å². The molecule has 0 rings (SSSR count). The van der Waals surface area contributed by atoms with Crippen LogP contribution in [0.15, 0.2) is 0 Å². The maximum absolute atomic E-state index is 13.1. The maximum atomic E-state index is 13.1. The molecule has 7 atom stereocenters. The Bertz CT molecular complexity index is 1850. The van der Waals surface area contributed by atoms with Gasteiger partial charge in [-0.15, -0.1) is 0 Å². The van der Waals surface area contributed by atoms with Crippen LogP contribution in [0.2, 0.25) is 0 Å². The average Bonchev–Trinajstić information content (AvgIpc) is 1.69. The van der Waals surface area contributed by atoms with Crippen molar-refractivity contribution in [1.82, 2.24) is 0 Å². The summed E-state index contributed by atoms with van der Waals surface area (Å²) in [4.78, 5) is 72.8. The van der Waals surface area contributed by atoms with Crippen molar-refractivity contribution in [3.63, 3.8) is 0 Å². The number of aliphatic hydroxyl groups is 1. The molecule has 0 saturated carbocycles. The first-order valence-corrected chi connectivity index (χ1v) is 41.8. The van der Waals surface area contributed by atoms with E-state index in [2.05, 4.69) is 55.4 Å². The minimum Gasteiger partial charge on any atom is -0.462 e. The highest BCUT2D eigenvalue weighted by Gasteiger charge is 2.30. The van der Waals surface area contributed by atoms with E-state index >= 15 is 0 Å². The van der Waals surface area contributed by atoms with Gasteiger partial charge in [0.05, 0.1) is 26.4 Å². The van der Waals surface area contributed by atoms with Gasteiger partial charge in [-0.3, -0.25) is 37.3 Å². The second kappa shape index (κ2) is 64.4. The molecule has 0 aromatic rings. The van der Waals surface area contributed by atoms with Gasteiger partial charge in [0.2, 0.25) is 0 Å². The van der Waals surface area contributed by atoms with Crippen molar-refractivity contribution >= 4 is 39.5 Å². The minimum atomic E-state index is -4.96. The number of phosphoric ester groups is 2. The molecule has 0 spiro atoms. The summed E-state index contributed by atoms with van der Waals surface area (Å²) in [7, 11) is -9.91. The predicted molar refractivity (Wildman–Crippen MR) is 381 cm³/mol. The summed E-state index contributed by atoms with van der Waals surface area (Å²) in [6.07, 6.45) is 48.5. The zero-order valence-corrected chi connectivity index (χ0v) is 63.4. The monoisotopic (exact) mass is 1380 g/mol. The minimum absolute atomic E-state index is 0.105. The second-order valence-electron chi connectivity index (χ2n) is 28.5. The zero-order valence-electron chi connectivity index (χ0n) is 61.6. The van der Waals surface area contributed by atoms with Gasteiger partial charge in [-0.25, -0.2) is 9.13 Å². The molecule has 94 heavy (non-hydrogen) atoms. The lowest BCUT2D eigenvalue weighted by molar-refractivity contribution is -0.161. The molecule has 0 fully saturated rings. The number of carbonyl (C=O) groups is 4. The summed E-state index contributed by atoms with van der Waals surface area (Å²) in [5.41, 5.74) is 0. The van der Waals surface area contributed by atoms with Crippen LogP contribution in [-0.2, 0) is 65.4 Å². The highest BCUT2D eigenvalue weighted by Crippen LogP contribution is 2.45. The Morgan fingerprint density at radius 2 is 0.511 bits per heavy atom. The molecular formula is C75H146O17P2. The second-order valence-corrected chi connectivity index (χ2v) is 31.4. The first-order valence-electron chi connectivity index (χ1n) is 38.8. The van der Waals surface area contributed by atoms with Gasteiger partial charge >= 0.3 is 39.5 Å². The molecule has 0 amide bonds. The van der Waals surface area contributed by atoms with Crippen molar-refractivity contribution in [1.29, 1.82) is 0 Å². The first-order chi connectivity index (χ1) is 45.2. The molecule has 0 heterocycles. The summed E-state index contributed by atoms with van der Waals surface area (Å²) in [5.74, 6) is 0.965. The summed E-state index contributed by atoms with van der Waals surface area (Å²) in [6.45, 7) is 14.2. The average molecular weight is 1380 g/mol. The number of unbranched alkanes of at least 4 members (excludes halogenated alkanes) is 36. The predicted octanol–water partition coefficient (Wildman–Crippen LogP) is 21.7. The van der Waals surface area contributed by atoms with Crippen molar-refractivity contribution < 1.29 is 80.2 Å². The van der Waals surface area contributed by atoms with E-state index in [9.17, 15) is 43.2 Å². The number of ether oxygens (including phenoxy) is 4. The molecule has 0 aliphatic rings. The molecule has 19 heteroatoms. The molecule has 0 aliphatic heterocycles. The fourth-order valence-electron chi connectivity index (χ4n) is 11.3. The molecule has 4 unspecified atom stereocenters. The number of hydrogen-bond acceptors (Lipinski definition) is 15. The van der Waals surface area contributed by atoms with Crippen LogP contribution in [0.1, 0.15) is 376 Å². The molecule has 0 bridgehead atoms. The first kappa shape index (κ1) is 92.1. The van der Waals surface area contributed by atoms with Crippen molar-refractivity contribution in [3.05, 3.63) is 0 Å². The lowest BCUT2D eigenvalue weighted by atomic mass is 9.99. The highest BCUT2D eigenvalue weighted by molar-refractivity contribution is 7.47. The molecule has 558 valence electrons. The summed E-state index contributed by atoms with van der Waals surface area (Å²) >= 11 is 0. The van der Waals surface area contributed by atoms with Gasteiger partial charge in [-0.2, -0.15) is 0 Å². The number of rotatable bonds is 72. The normalized spacial score (nSPS) is 14.7. The van der Waals surface area contributed by atoms with Crippen molar-refractivity contribution in [2.45, 2.75) is 395 Å². The molecule has 0 aromatic carbocycles. The van der Waals surface area contributed by atoms with E-state index in [1.807, 2.05) is 0 Å². The highest BCUT2D eigenvalue weighted by atomic mass is 31.2. The maximum Gasteiger partial charge on any atom is 0.472 e. The van der Waals surface area contributed by atoms with E-state index in [0.717, 1.165) is 120 Å². The Balaban J connectivity index is 5.26. The fraction of sp³-hybridized carbons (Fsp3) is 0.947. The largest absolute Gasteiger partial charge is 0.472 e. The third-order valence-corrected chi connectivity index (χ3v) is 19.9. The third kappa shape index (κ3) is 66.0. The number of phosphoric acid groups is 2. The van der Waals surface area contributed by atoms with E-state index in [-0.39, 0.29) is 25.7 Å². The summed E-state index contributed by atoms with van der Waals surface area (Å²) in [5, 5.41) is 10.6. The third-order valence-electron chi connectivity index (χ3n) is 18.0. The van der Waals surface area contributed by atoms with E-state index in [0.29, 0.717) is 25.7 Å². The van der Waals surface area contributed by atoms with Gasteiger partial charge in [0.1, 0.15) is 19.3 Å². The summed E-state index contributed by atoms with van der Waals surface area (Å²) in [6, 6.07) is 0. The number of carbonyl (C=O) groups excluding carboxylic acids is 4. The molecule has 0 aliphatic carbocycles. The van der Waals surface area contributed by atoms with Gasteiger partial charge in [-0.05, 0) is 49.4 Å². The van der Waals surface area contributed by atoms with Crippen molar-refractivity contribution in [2.75, 3.05) is 39.6 Å². The van der Waals surface area contributed by atoms with Crippen LogP contribution < -0.4 is 0 Å². The Labute approximate surface area is 575 Å². The Morgan fingerprint density at radius 3 is 0.755 bits per heavy atom. The fourth-order valence-corrected chi connectivity index (χ4v) is 12.9. The van der Waals surface area contributed by atoms with Gasteiger partial charge in [-0.1, -0.05) is 325 Å². The van der Waals surface area contributed by atoms with Crippen LogP contribution in [-0.4, -0.2) is 96.7 Å². The molecule has 3 N–H and O–H groups in total. The van der Waals surface area contributed by atoms with E-state index in [4.69, 9.17) is 37.0 Å². The lowest BCUT2D eigenvalue weighted by Gasteiger charge is -2.21. The number of hydrogen-bond donors (Lipinski definition) is 3. The molecule has 0 aromatic heterocycles. The topological polar surface area (TPSA) is 237 Å². The van der Waals surface area contributed by atoms with Crippen LogP contribution in [0.4, 0.5) is 0 Å². The molecule has 0 saturated heterocycles. The van der Waals surface area contributed by atoms with Gasteiger partial charge in [0, 0.05) is 25.7 Å². The van der Waals surface area contributed by atoms with Crippen LogP contribution >= 0.6 is 15.6 Å². The van der Waals surface area contributed by atoms with Crippen molar-refractivity contribution in [3.8, 4) is 0 Å². The van der Waals surface area contributed by atoms with E-state index in [1.54, 1.807) is 0 Å². The van der Waals surface area contributed by atoms with Gasteiger partial charge in [0.15, 0.2) is 12.2 Å². The Morgan fingerprint density at radius 1 is 0.298 bits per heavy atom. The van der Waals surface area contributed by atoms with Crippen molar-refractivity contribution in [2.24, 2.45) is 23.7 Å². The SMILES string of the molecule is CCC(C)CCCCCCCCCCCCC(=O)O[C@H](COC(=O)CCCCCCCCCCCCC(C)C)COP(=O)(O)OC[C@@H](O)COP(=O)(O)OC[C@@H](COC(=O)CCCCCCCCC(C)CC)OC(=O)CCCCCCCCCCCCCCCCC(C)C. The number of aliphatic hydroxyl groups excluding tert-OH is 1. The summed E-state index contributed by atoms with van der Waals surface area (Å²) < 4.78 is 68.5. The standard InChI is InChI=1S/C75H146O17P2/c1-9-67(7)53-45-37-29-23-18-20-26-32-42-50-58-75(80)91-70(61-85-72(77)55-47-39-30-24-19-17-22-28-36-44-52-66(5)6)63-89-93(81,82)87-59-69(76)60-88-94(83,84)90-64-71(62-86-73(78)56-48-40-34-33-38-46-54-68(8)10-2)92-74(79)57-49-41-31-25-16-14-12-11-13-15-21-27-35-43-51-65(3)4/h65-71,76H,9-64H2,1-8H3,(H,81,82)(H,83,84)/t67?,68?,69-,70-,71-/m1/s1. The van der Waals surface area contributed by atoms with E-state index in [1.165, 1.54) is 173 Å². The van der Waals surface area contributed by atoms with Gasteiger partial charge < -0.3 is 33.8 Å². The van der Waals surface area contributed by atoms with Gasteiger partial charge in [0.25, 0.3) is 0 Å². The Hall–Kier alpha value is -1.94. The van der Waals surface area contributed by atoms with Crippen LogP contribution in [0.3, 0.4) is 0 Å². The number of esters is 4. The lowest BCUT2D eigenvalue weighted by Crippen LogP contribution is -2.30. The van der Waals surface area contributed by atoms with Crippen LogP contribution in [0.25, 0.3) is 0 Å². The molecule has 17 nitrogen and oxygen atoms in total. The molecule has 0 radical (unpaired) electrons. The van der Waals surface area contributed by atoms with E-state index < -0.39 is 97.5 Å². The Kier molecular flexibility index (Phi) is 63.1. The molecular weight excluding hydrogens is 1230 g/mol. The zero-order chi connectivity index (χ0) is 69.6. The smallest absolute Gasteiger partial charge is 0.462 e. The van der Waals surface area contributed by atoms with Crippen LogP contribution in [0, 0.1) is 23.7 Å².